The Morgan fingerprint density at radius 3 is 3.09 bits per heavy atom. The summed E-state index contributed by atoms with van der Waals surface area (Å²) in [5.74, 6) is 2.51. The van der Waals surface area contributed by atoms with Crippen LogP contribution < -0.4 is 0 Å². The van der Waals surface area contributed by atoms with Crippen molar-refractivity contribution >= 4 is 0 Å². The molecule has 0 aromatic carbocycles. The van der Waals surface area contributed by atoms with Crippen molar-refractivity contribution in [2.24, 2.45) is 0 Å². The summed E-state index contributed by atoms with van der Waals surface area (Å²) in [5.41, 5.74) is 1.88. The summed E-state index contributed by atoms with van der Waals surface area (Å²) < 4.78 is 1.78. The van der Waals surface area contributed by atoms with Gasteiger partial charge in [0.15, 0.2) is 0 Å². The van der Waals surface area contributed by atoms with Gasteiger partial charge in [0, 0.05) is 6.20 Å². The minimum atomic E-state index is 0.738. The lowest BCUT2D eigenvalue weighted by molar-refractivity contribution is 0.679. The van der Waals surface area contributed by atoms with Gasteiger partial charge in [-0.05, 0) is 6.92 Å². The topological polar surface area (TPSA) is 17.8 Å². The third-order valence-electron chi connectivity index (χ3n) is 1.23. The summed E-state index contributed by atoms with van der Waals surface area (Å²) in [6.45, 7) is 6.47. The minimum absolute atomic E-state index is 0.738. The Morgan fingerprint density at radius 1 is 1.91 bits per heavy atom. The highest BCUT2D eigenvalue weighted by Crippen LogP contribution is 1.97. The summed E-state index contributed by atoms with van der Waals surface area (Å²) in [6, 6.07) is 0. The molecule has 0 aliphatic heterocycles. The molecule has 0 saturated carbocycles. The number of allylic oxidation sites excluding steroid dienone is 1. The van der Waals surface area contributed by atoms with E-state index in [1.807, 2.05) is 13.1 Å². The largest absolute Gasteiger partial charge is 0.267 e. The molecule has 2 heteroatoms. The highest BCUT2D eigenvalue weighted by atomic mass is 15.3. The van der Waals surface area contributed by atoms with Crippen molar-refractivity contribution in [1.29, 1.82) is 0 Å². The van der Waals surface area contributed by atoms with Crippen molar-refractivity contribution in [2.75, 3.05) is 0 Å². The molecule has 0 radical (unpaired) electrons. The molecule has 0 unspecified atom stereocenters. The van der Waals surface area contributed by atoms with Crippen LogP contribution in [0.4, 0.5) is 0 Å². The summed E-state index contributed by atoms with van der Waals surface area (Å²) >= 11 is 0. The first-order chi connectivity index (χ1) is 5.22. The summed E-state index contributed by atoms with van der Waals surface area (Å²) in [5, 5.41) is 4.04. The van der Waals surface area contributed by atoms with Crippen molar-refractivity contribution in [2.45, 2.75) is 13.5 Å². The van der Waals surface area contributed by atoms with Crippen molar-refractivity contribution in [1.82, 2.24) is 9.78 Å². The zero-order valence-corrected chi connectivity index (χ0v) is 6.54. The lowest BCUT2D eigenvalue weighted by atomic mass is 10.3. The van der Waals surface area contributed by atoms with E-state index in [1.165, 1.54) is 0 Å². The maximum Gasteiger partial charge on any atom is 0.0646 e. The van der Waals surface area contributed by atoms with E-state index >= 15 is 0 Å². The van der Waals surface area contributed by atoms with Gasteiger partial charge in [-0.3, -0.25) is 4.68 Å². The summed E-state index contributed by atoms with van der Waals surface area (Å²) in [4.78, 5) is 0. The number of hydrogen-bond donors (Lipinski definition) is 0. The van der Waals surface area contributed by atoms with Gasteiger partial charge in [0.05, 0.1) is 18.3 Å². The molecule has 0 amide bonds. The molecule has 1 aromatic heterocycles. The molecule has 0 N–H and O–H groups in total. The van der Waals surface area contributed by atoms with Gasteiger partial charge >= 0.3 is 0 Å². The Morgan fingerprint density at radius 2 is 2.64 bits per heavy atom. The smallest absolute Gasteiger partial charge is 0.0646 e. The second-order valence-corrected chi connectivity index (χ2v) is 2.53. The fourth-order valence-electron chi connectivity index (χ4n) is 0.801. The van der Waals surface area contributed by atoms with Crippen molar-refractivity contribution in [3.63, 3.8) is 0 Å². The standard InChI is InChI=1S/C9H10N2/c1-4-9-5-10-11(7-9)6-8(2)3/h1,5,7H,2,6H2,3H3. The van der Waals surface area contributed by atoms with Crippen LogP contribution in [0.2, 0.25) is 0 Å². The average Bonchev–Trinajstić information content (AvgIpc) is 2.34. The van der Waals surface area contributed by atoms with Crippen LogP contribution in [0.15, 0.2) is 24.5 Å². The molecule has 1 aromatic rings. The van der Waals surface area contributed by atoms with E-state index in [2.05, 4.69) is 17.6 Å². The monoisotopic (exact) mass is 146 g/mol. The highest BCUT2D eigenvalue weighted by Gasteiger charge is 1.93. The fourth-order valence-corrected chi connectivity index (χ4v) is 0.801. The predicted molar refractivity (Wildman–Crippen MR) is 45.0 cm³/mol. The van der Waals surface area contributed by atoms with E-state index < -0.39 is 0 Å². The maximum atomic E-state index is 5.17. The van der Waals surface area contributed by atoms with Gasteiger partial charge in [0.1, 0.15) is 0 Å². The van der Waals surface area contributed by atoms with Gasteiger partial charge in [0.25, 0.3) is 0 Å². The van der Waals surface area contributed by atoms with Gasteiger partial charge in [-0.15, -0.1) is 6.42 Å². The molecule has 0 aliphatic carbocycles. The van der Waals surface area contributed by atoms with Gasteiger partial charge in [0.2, 0.25) is 0 Å². The van der Waals surface area contributed by atoms with Gasteiger partial charge in [-0.25, -0.2) is 0 Å². The zero-order valence-electron chi connectivity index (χ0n) is 6.54. The highest BCUT2D eigenvalue weighted by molar-refractivity contribution is 5.26. The normalized spacial score (nSPS) is 9.09. The second kappa shape index (κ2) is 3.07. The minimum Gasteiger partial charge on any atom is -0.267 e. The fraction of sp³-hybridized carbons (Fsp3) is 0.222. The van der Waals surface area contributed by atoms with E-state index in [4.69, 9.17) is 6.42 Å². The quantitative estimate of drug-likeness (QED) is 0.456. The Balaban J connectivity index is 2.75. The molecule has 0 aliphatic rings. The summed E-state index contributed by atoms with van der Waals surface area (Å²) in [6.07, 6.45) is 8.67. The van der Waals surface area contributed by atoms with Crippen LogP contribution >= 0.6 is 0 Å². The molecular formula is C9H10N2. The van der Waals surface area contributed by atoms with Crippen molar-refractivity contribution in [3.05, 3.63) is 30.1 Å². The summed E-state index contributed by atoms with van der Waals surface area (Å²) in [7, 11) is 0. The molecule has 0 saturated heterocycles. The van der Waals surface area contributed by atoms with Crippen LogP contribution in [0.25, 0.3) is 0 Å². The van der Waals surface area contributed by atoms with Crippen LogP contribution in [-0.2, 0) is 6.54 Å². The molecule has 0 spiro atoms. The first-order valence-corrected chi connectivity index (χ1v) is 3.36. The molecule has 1 rings (SSSR count). The maximum absolute atomic E-state index is 5.17. The Labute approximate surface area is 66.5 Å². The lowest BCUT2D eigenvalue weighted by Gasteiger charge is -1.97. The third-order valence-corrected chi connectivity index (χ3v) is 1.23. The van der Waals surface area contributed by atoms with E-state index in [9.17, 15) is 0 Å². The van der Waals surface area contributed by atoms with Crippen LogP contribution in [0, 0.1) is 12.3 Å². The SMILES string of the molecule is C#Cc1cnn(CC(=C)C)c1. The number of terminal acetylenes is 1. The molecule has 0 bridgehead atoms. The Hall–Kier alpha value is -1.49. The van der Waals surface area contributed by atoms with E-state index in [0.29, 0.717) is 0 Å². The second-order valence-electron chi connectivity index (χ2n) is 2.53. The molecular weight excluding hydrogens is 136 g/mol. The van der Waals surface area contributed by atoms with Gasteiger partial charge in [-0.1, -0.05) is 18.1 Å². The van der Waals surface area contributed by atoms with Crippen molar-refractivity contribution in [3.8, 4) is 12.3 Å². The first-order valence-electron chi connectivity index (χ1n) is 3.36. The molecule has 11 heavy (non-hydrogen) atoms. The van der Waals surface area contributed by atoms with E-state index in [-0.39, 0.29) is 0 Å². The van der Waals surface area contributed by atoms with E-state index in [1.54, 1.807) is 10.9 Å². The number of aromatic nitrogens is 2. The Kier molecular flexibility index (Phi) is 2.12. The van der Waals surface area contributed by atoms with Crippen LogP contribution in [0.5, 0.6) is 0 Å². The number of hydrogen-bond acceptors (Lipinski definition) is 1. The number of rotatable bonds is 2. The molecule has 1 heterocycles. The molecule has 0 fully saturated rings. The zero-order chi connectivity index (χ0) is 8.27. The third kappa shape index (κ3) is 1.98. The molecule has 2 nitrogen and oxygen atoms in total. The average molecular weight is 146 g/mol. The predicted octanol–water partition coefficient (Wildman–Crippen LogP) is 1.44. The van der Waals surface area contributed by atoms with Crippen LogP contribution in [0.3, 0.4) is 0 Å². The Bertz CT molecular complexity index is 302. The van der Waals surface area contributed by atoms with Crippen molar-refractivity contribution < 1.29 is 0 Å². The van der Waals surface area contributed by atoms with Gasteiger partial charge < -0.3 is 0 Å². The van der Waals surface area contributed by atoms with Crippen LogP contribution in [-0.4, -0.2) is 9.78 Å². The first kappa shape index (κ1) is 7.62. The lowest BCUT2D eigenvalue weighted by Crippen LogP contribution is -1.97. The van der Waals surface area contributed by atoms with E-state index in [0.717, 1.165) is 17.7 Å². The van der Waals surface area contributed by atoms with Crippen LogP contribution in [0.1, 0.15) is 12.5 Å². The molecule has 0 atom stereocenters. The van der Waals surface area contributed by atoms with Gasteiger partial charge in [-0.2, -0.15) is 5.10 Å². The number of nitrogens with zero attached hydrogens (tertiary/aromatic N) is 2. The molecule has 56 valence electrons.